The molecule has 0 fully saturated rings. The standard InChI is InChI=1S/C25H36N4O2.HI/c1-7-19(3)31-23-15-18(2)11-12-22(23)17-28-25(26-4)27-14-13-20-9-8-10-21(16-20)24(30)29(5)6;/h8-12,15-16,19H,7,13-14,17H2,1-6H3,(H2,26,27,28);1H. The molecule has 0 aliphatic rings. The van der Waals surface area contributed by atoms with E-state index in [1.165, 1.54) is 5.56 Å². The van der Waals surface area contributed by atoms with Gasteiger partial charge in [0, 0.05) is 45.4 Å². The molecule has 0 radical (unpaired) electrons. The van der Waals surface area contributed by atoms with Crippen molar-refractivity contribution >= 4 is 35.8 Å². The van der Waals surface area contributed by atoms with Gasteiger partial charge in [-0.05, 0) is 56.0 Å². The molecule has 0 bridgehead atoms. The van der Waals surface area contributed by atoms with Gasteiger partial charge in [-0.3, -0.25) is 9.79 Å². The van der Waals surface area contributed by atoms with E-state index in [9.17, 15) is 4.79 Å². The molecule has 0 spiro atoms. The molecule has 0 aliphatic carbocycles. The second-order valence-electron chi connectivity index (χ2n) is 7.95. The van der Waals surface area contributed by atoms with Crippen LogP contribution < -0.4 is 15.4 Å². The van der Waals surface area contributed by atoms with Gasteiger partial charge >= 0.3 is 0 Å². The predicted octanol–water partition coefficient (Wildman–Crippen LogP) is 4.40. The summed E-state index contributed by atoms with van der Waals surface area (Å²) in [5.74, 6) is 1.66. The maximum atomic E-state index is 12.2. The first kappa shape index (κ1) is 27.7. The zero-order chi connectivity index (χ0) is 22.8. The van der Waals surface area contributed by atoms with E-state index < -0.39 is 0 Å². The maximum Gasteiger partial charge on any atom is 0.253 e. The van der Waals surface area contributed by atoms with Crippen LogP contribution in [0.2, 0.25) is 0 Å². The van der Waals surface area contributed by atoms with E-state index in [0.29, 0.717) is 18.7 Å². The first-order chi connectivity index (χ1) is 14.8. The van der Waals surface area contributed by atoms with Crippen LogP contribution in [0.3, 0.4) is 0 Å². The monoisotopic (exact) mass is 552 g/mol. The first-order valence-corrected chi connectivity index (χ1v) is 10.8. The molecule has 0 saturated carbocycles. The fourth-order valence-corrected chi connectivity index (χ4v) is 3.06. The molecular formula is C25H37IN4O2. The van der Waals surface area contributed by atoms with Crippen LogP contribution in [0.5, 0.6) is 5.75 Å². The second kappa shape index (κ2) is 14.0. The number of hydrogen-bond acceptors (Lipinski definition) is 3. The van der Waals surface area contributed by atoms with Crippen molar-refractivity contribution in [1.82, 2.24) is 15.5 Å². The molecule has 32 heavy (non-hydrogen) atoms. The van der Waals surface area contributed by atoms with E-state index in [0.717, 1.165) is 35.7 Å². The number of guanidine groups is 1. The second-order valence-corrected chi connectivity index (χ2v) is 7.95. The highest BCUT2D eigenvalue weighted by molar-refractivity contribution is 14.0. The van der Waals surface area contributed by atoms with E-state index in [1.807, 2.05) is 24.3 Å². The molecule has 2 N–H and O–H groups in total. The van der Waals surface area contributed by atoms with Crippen molar-refractivity contribution in [1.29, 1.82) is 0 Å². The van der Waals surface area contributed by atoms with E-state index in [1.54, 1.807) is 26.0 Å². The minimum Gasteiger partial charge on any atom is -0.490 e. The summed E-state index contributed by atoms with van der Waals surface area (Å²) in [5.41, 5.74) is 4.10. The van der Waals surface area contributed by atoms with Crippen LogP contribution in [0.4, 0.5) is 0 Å². The molecule has 0 aromatic heterocycles. The molecule has 176 valence electrons. The third-order valence-electron chi connectivity index (χ3n) is 5.08. The van der Waals surface area contributed by atoms with Crippen molar-refractivity contribution in [2.75, 3.05) is 27.7 Å². The van der Waals surface area contributed by atoms with Crippen LogP contribution in [-0.2, 0) is 13.0 Å². The molecule has 7 heteroatoms. The predicted molar refractivity (Wildman–Crippen MR) is 143 cm³/mol. The van der Waals surface area contributed by atoms with Crippen LogP contribution in [-0.4, -0.2) is 50.6 Å². The number of carbonyl (C=O) groups excluding carboxylic acids is 1. The smallest absolute Gasteiger partial charge is 0.253 e. The summed E-state index contributed by atoms with van der Waals surface area (Å²) in [6.07, 6.45) is 1.93. The summed E-state index contributed by atoms with van der Waals surface area (Å²) in [4.78, 5) is 18.1. The Bertz CT molecular complexity index is 899. The lowest BCUT2D eigenvalue weighted by atomic mass is 10.1. The number of hydrogen-bond donors (Lipinski definition) is 2. The molecule has 0 aliphatic heterocycles. The molecule has 0 saturated heterocycles. The number of benzene rings is 2. The summed E-state index contributed by atoms with van der Waals surface area (Å²) in [7, 11) is 5.29. The summed E-state index contributed by atoms with van der Waals surface area (Å²) < 4.78 is 6.10. The number of nitrogens with one attached hydrogen (secondary N) is 2. The van der Waals surface area contributed by atoms with Crippen LogP contribution in [0.15, 0.2) is 47.5 Å². The molecule has 2 aromatic carbocycles. The summed E-state index contributed by atoms with van der Waals surface area (Å²) in [5, 5.41) is 6.71. The number of carbonyl (C=O) groups is 1. The van der Waals surface area contributed by atoms with Crippen molar-refractivity contribution in [2.45, 2.75) is 46.3 Å². The van der Waals surface area contributed by atoms with E-state index in [4.69, 9.17) is 4.74 Å². The Labute approximate surface area is 209 Å². The molecule has 2 aromatic rings. The van der Waals surface area contributed by atoms with Gasteiger partial charge in [0.1, 0.15) is 5.75 Å². The lowest BCUT2D eigenvalue weighted by Gasteiger charge is -2.18. The van der Waals surface area contributed by atoms with Crippen LogP contribution in [0.1, 0.15) is 47.3 Å². The van der Waals surface area contributed by atoms with Gasteiger partial charge in [-0.2, -0.15) is 0 Å². The summed E-state index contributed by atoms with van der Waals surface area (Å²) in [6.45, 7) is 7.61. The molecule has 1 atom stereocenters. The quantitative estimate of drug-likeness (QED) is 0.275. The van der Waals surface area contributed by atoms with Crippen molar-refractivity contribution in [3.05, 3.63) is 64.7 Å². The zero-order valence-corrected chi connectivity index (χ0v) is 22.4. The Morgan fingerprint density at radius 3 is 2.56 bits per heavy atom. The van der Waals surface area contributed by atoms with Gasteiger partial charge in [0.2, 0.25) is 0 Å². The van der Waals surface area contributed by atoms with E-state index >= 15 is 0 Å². The average Bonchev–Trinajstić information content (AvgIpc) is 2.76. The van der Waals surface area contributed by atoms with E-state index in [2.05, 4.69) is 54.6 Å². The highest BCUT2D eigenvalue weighted by Gasteiger charge is 2.10. The lowest BCUT2D eigenvalue weighted by Crippen LogP contribution is -2.38. The normalized spacial score (nSPS) is 11.9. The summed E-state index contributed by atoms with van der Waals surface area (Å²) in [6, 6.07) is 14.0. The molecule has 1 amide bonds. The van der Waals surface area contributed by atoms with Gasteiger partial charge < -0.3 is 20.3 Å². The van der Waals surface area contributed by atoms with Gasteiger partial charge in [-0.25, -0.2) is 0 Å². The lowest BCUT2D eigenvalue weighted by molar-refractivity contribution is 0.0827. The third-order valence-corrected chi connectivity index (χ3v) is 5.08. The van der Waals surface area contributed by atoms with Gasteiger partial charge in [-0.1, -0.05) is 31.2 Å². The van der Waals surface area contributed by atoms with Crippen LogP contribution in [0, 0.1) is 6.92 Å². The topological polar surface area (TPSA) is 66.0 Å². The molecule has 1 unspecified atom stereocenters. The summed E-state index contributed by atoms with van der Waals surface area (Å²) >= 11 is 0. The average molecular weight is 553 g/mol. The van der Waals surface area contributed by atoms with E-state index in [-0.39, 0.29) is 36.0 Å². The largest absolute Gasteiger partial charge is 0.490 e. The number of ether oxygens (including phenoxy) is 1. The Morgan fingerprint density at radius 1 is 1.16 bits per heavy atom. The molecular weight excluding hydrogens is 515 g/mol. The number of nitrogens with zero attached hydrogens (tertiary/aromatic N) is 2. The van der Waals surface area contributed by atoms with Crippen LogP contribution >= 0.6 is 24.0 Å². The Morgan fingerprint density at radius 2 is 1.91 bits per heavy atom. The van der Waals surface area contributed by atoms with Crippen LogP contribution in [0.25, 0.3) is 0 Å². The van der Waals surface area contributed by atoms with Gasteiger partial charge in [0.15, 0.2) is 5.96 Å². The molecule has 0 heterocycles. The third kappa shape index (κ3) is 8.68. The molecule has 2 rings (SSSR count). The minimum atomic E-state index is 0. The van der Waals surface area contributed by atoms with Crippen molar-refractivity contribution in [3.63, 3.8) is 0 Å². The fraction of sp³-hybridized carbons (Fsp3) is 0.440. The zero-order valence-electron chi connectivity index (χ0n) is 20.1. The van der Waals surface area contributed by atoms with Gasteiger partial charge in [0.05, 0.1) is 6.10 Å². The molecule has 6 nitrogen and oxygen atoms in total. The number of amides is 1. The highest BCUT2D eigenvalue weighted by atomic mass is 127. The Hall–Kier alpha value is -2.29. The number of aliphatic imine (C=N–C) groups is 1. The highest BCUT2D eigenvalue weighted by Crippen LogP contribution is 2.22. The SMILES string of the molecule is CCC(C)Oc1cc(C)ccc1CNC(=NC)NCCc1cccc(C(=O)N(C)C)c1.I. The fourth-order valence-electron chi connectivity index (χ4n) is 3.06. The van der Waals surface area contributed by atoms with Gasteiger partial charge in [0.25, 0.3) is 5.91 Å². The number of rotatable bonds is 9. The van der Waals surface area contributed by atoms with Gasteiger partial charge in [-0.15, -0.1) is 24.0 Å². The first-order valence-electron chi connectivity index (χ1n) is 10.8. The van der Waals surface area contributed by atoms with Crippen molar-refractivity contribution in [2.24, 2.45) is 4.99 Å². The minimum absolute atomic E-state index is 0. The number of halogens is 1. The Kier molecular flexibility index (Phi) is 12.1. The Balaban J connectivity index is 0.00000512. The van der Waals surface area contributed by atoms with Crippen molar-refractivity contribution < 1.29 is 9.53 Å². The maximum absolute atomic E-state index is 12.2. The number of aryl methyl sites for hydroxylation is 1. The van der Waals surface area contributed by atoms with Crippen molar-refractivity contribution in [3.8, 4) is 5.75 Å².